The molecule has 0 saturated carbocycles. The van der Waals surface area contributed by atoms with Gasteiger partial charge < -0.3 is 10.5 Å². The van der Waals surface area contributed by atoms with Gasteiger partial charge in [0.05, 0.1) is 0 Å². The minimum atomic E-state index is 0. The maximum atomic E-state index is 5.77. The summed E-state index contributed by atoms with van der Waals surface area (Å²) in [4.78, 5) is 1.25. The molecule has 0 saturated heterocycles. The molecule has 0 bridgehead atoms. The molecule has 0 amide bonds. The average Bonchev–Trinajstić information content (AvgIpc) is 2.18. The van der Waals surface area contributed by atoms with Crippen LogP contribution in [0.4, 0.5) is 0 Å². The first kappa shape index (κ1) is 11.7. The first-order valence-corrected chi connectivity index (χ1v) is 5.47. The van der Waals surface area contributed by atoms with E-state index in [9.17, 15) is 0 Å². The SMILES string of the molecule is Cl.NCCC1CSc2ccccc2O1. The maximum absolute atomic E-state index is 5.77. The first-order chi connectivity index (χ1) is 6.40. The monoisotopic (exact) mass is 231 g/mol. The summed E-state index contributed by atoms with van der Waals surface area (Å²) in [6, 6.07) is 8.16. The van der Waals surface area contributed by atoms with E-state index < -0.39 is 0 Å². The number of hydrogen-bond acceptors (Lipinski definition) is 3. The van der Waals surface area contributed by atoms with E-state index in [0.29, 0.717) is 12.6 Å². The van der Waals surface area contributed by atoms with E-state index in [1.807, 2.05) is 30.0 Å². The maximum Gasteiger partial charge on any atom is 0.133 e. The van der Waals surface area contributed by atoms with E-state index in [1.165, 1.54) is 4.90 Å². The molecular weight excluding hydrogens is 218 g/mol. The van der Waals surface area contributed by atoms with Gasteiger partial charge in [0, 0.05) is 10.6 Å². The van der Waals surface area contributed by atoms with Crippen LogP contribution in [0.2, 0.25) is 0 Å². The van der Waals surface area contributed by atoms with Crippen LogP contribution in [0.1, 0.15) is 6.42 Å². The number of halogens is 1. The molecule has 1 aromatic rings. The fraction of sp³-hybridized carbons (Fsp3) is 0.400. The number of fused-ring (bicyclic) bond motifs is 1. The standard InChI is InChI=1S/C10H13NOS.ClH/c11-6-5-8-7-13-10-4-2-1-3-9(10)12-8;/h1-4,8H,5-7,11H2;1H. The number of thioether (sulfide) groups is 1. The highest BCUT2D eigenvalue weighted by Gasteiger charge is 2.18. The molecule has 1 unspecified atom stereocenters. The van der Waals surface area contributed by atoms with Crippen LogP contribution in [0.3, 0.4) is 0 Å². The van der Waals surface area contributed by atoms with E-state index in [4.69, 9.17) is 10.5 Å². The van der Waals surface area contributed by atoms with Crippen molar-refractivity contribution in [2.24, 2.45) is 5.73 Å². The average molecular weight is 232 g/mol. The Morgan fingerprint density at radius 2 is 2.21 bits per heavy atom. The highest BCUT2D eigenvalue weighted by atomic mass is 35.5. The lowest BCUT2D eigenvalue weighted by molar-refractivity contribution is 0.208. The lowest BCUT2D eigenvalue weighted by Crippen LogP contribution is -2.25. The molecule has 0 radical (unpaired) electrons. The fourth-order valence-corrected chi connectivity index (χ4v) is 2.42. The topological polar surface area (TPSA) is 35.2 Å². The Morgan fingerprint density at radius 3 is 3.00 bits per heavy atom. The minimum absolute atomic E-state index is 0. The summed E-state index contributed by atoms with van der Waals surface area (Å²) < 4.78 is 5.77. The van der Waals surface area contributed by atoms with Gasteiger partial charge in [0.1, 0.15) is 11.9 Å². The van der Waals surface area contributed by atoms with Crippen molar-refractivity contribution in [2.45, 2.75) is 17.4 Å². The number of ether oxygens (including phenoxy) is 1. The summed E-state index contributed by atoms with van der Waals surface area (Å²) in [6.45, 7) is 0.702. The predicted molar refractivity (Wildman–Crippen MR) is 62.5 cm³/mol. The molecule has 78 valence electrons. The molecule has 1 heterocycles. The van der Waals surface area contributed by atoms with Crippen LogP contribution in [-0.2, 0) is 0 Å². The second-order valence-electron chi connectivity index (χ2n) is 3.07. The van der Waals surface area contributed by atoms with Crippen molar-refractivity contribution in [3.63, 3.8) is 0 Å². The van der Waals surface area contributed by atoms with Crippen LogP contribution in [0.5, 0.6) is 5.75 Å². The molecule has 1 atom stereocenters. The van der Waals surface area contributed by atoms with Gasteiger partial charge in [0.2, 0.25) is 0 Å². The molecule has 2 nitrogen and oxygen atoms in total. The first-order valence-electron chi connectivity index (χ1n) is 4.48. The van der Waals surface area contributed by atoms with E-state index in [1.54, 1.807) is 0 Å². The number of para-hydroxylation sites is 1. The molecule has 4 heteroatoms. The van der Waals surface area contributed by atoms with Crippen LogP contribution in [0.15, 0.2) is 29.2 Å². The van der Waals surface area contributed by atoms with Gasteiger partial charge in [-0.05, 0) is 25.1 Å². The molecule has 14 heavy (non-hydrogen) atoms. The van der Waals surface area contributed by atoms with E-state index >= 15 is 0 Å². The van der Waals surface area contributed by atoms with Crippen LogP contribution < -0.4 is 10.5 Å². The van der Waals surface area contributed by atoms with Gasteiger partial charge in [0.25, 0.3) is 0 Å². The molecule has 1 aliphatic heterocycles. The van der Waals surface area contributed by atoms with Gasteiger partial charge in [-0.2, -0.15) is 0 Å². The van der Waals surface area contributed by atoms with Gasteiger partial charge in [-0.1, -0.05) is 12.1 Å². The molecule has 0 aliphatic carbocycles. The summed E-state index contributed by atoms with van der Waals surface area (Å²) in [5.74, 6) is 2.03. The summed E-state index contributed by atoms with van der Waals surface area (Å²) >= 11 is 1.86. The molecule has 2 rings (SSSR count). The van der Waals surface area contributed by atoms with E-state index in [0.717, 1.165) is 17.9 Å². The van der Waals surface area contributed by atoms with Crippen molar-refractivity contribution in [3.05, 3.63) is 24.3 Å². The van der Waals surface area contributed by atoms with Gasteiger partial charge in [-0.25, -0.2) is 0 Å². The van der Waals surface area contributed by atoms with Crippen molar-refractivity contribution in [2.75, 3.05) is 12.3 Å². The third-order valence-electron chi connectivity index (χ3n) is 2.06. The smallest absolute Gasteiger partial charge is 0.133 e. The van der Waals surface area contributed by atoms with Crippen LogP contribution in [0.25, 0.3) is 0 Å². The Kier molecular flexibility index (Phi) is 4.58. The zero-order chi connectivity index (χ0) is 9.10. The van der Waals surface area contributed by atoms with Gasteiger partial charge >= 0.3 is 0 Å². The quantitative estimate of drug-likeness (QED) is 0.849. The molecule has 1 aliphatic rings. The van der Waals surface area contributed by atoms with Crippen LogP contribution in [-0.4, -0.2) is 18.4 Å². The van der Waals surface area contributed by atoms with Gasteiger partial charge in [-0.15, -0.1) is 24.2 Å². The summed E-state index contributed by atoms with van der Waals surface area (Å²) in [6.07, 6.45) is 1.24. The zero-order valence-electron chi connectivity index (χ0n) is 7.81. The van der Waals surface area contributed by atoms with Gasteiger partial charge in [0.15, 0.2) is 0 Å². The van der Waals surface area contributed by atoms with Crippen LogP contribution in [0, 0.1) is 0 Å². The summed E-state index contributed by atoms with van der Waals surface area (Å²) in [5.41, 5.74) is 5.49. The lowest BCUT2D eigenvalue weighted by Gasteiger charge is -2.24. The Bertz CT molecular complexity index is 295. The van der Waals surface area contributed by atoms with Crippen molar-refractivity contribution >= 4 is 24.2 Å². The van der Waals surface area contributed by atoms with Crippen LogP contribution >= 0.6 is 24.2 Å². The fourth-order valence-electron chi connectivity index (χ4n) is 1.39. The molecule has 0 aromatic heterocycles. The zero-order valence-corrected chi connectivity index (χ0v) is 9.44. The second kappa shape index (κ2) is 5.49. The lowest BCUT2D eigenvalue weighted by atomic mass is 10.2. The Labute approximate surface area is 94.6 Å². The molecule has 0 fully saturated rings. The van der Waals surface area contributed by atoms with Crippen molar-refractivity contribution in [1.29, 1.82) is 0 Å². The van der Waals surface area contributed by atoms with Crippen molar-refractivity contribution in [3.8, 4) is 5.75 Å². The highest BCUT2D eigenvalue weighted by Crippen LogP contribution is 2.35. The highest BCUT2D eigenvalue weighted by molar-refractivity contribution is 7.99. The predicted octanol–water partition coefficient (Wildman–Crippen LogP) is 2.31. The molecule has 2 N–H and O–H groups in total. The van der Waals surface area contributed by atoms with E-state index in [2.05, 4.69) is 6.07 Å². The third kappa shape index (κ3) is 2.56. The number of hydrogen-bond donors (Lipinski definition) is 1. The van der Waals surface area contributed by atoms with E-state index in [-0.39, 0.29) is 12.4 Å². The molecular formula is C10H14ClNOS. The largest absolute Gasteiger partial charge is 0.488 e. The number of nitrogens with two attached hydrogens (primary N) is 1. The Hall–Kier alpha value is -0.380. The molecule has 0 spiro atoms. The number of benzene rings is 1. The van der Waals surface area contributed by atoms with Gasteiger partial charge in [-0.3, -0.25) is 0 Å². The third-order valence-corrected chi connectivity index (χ3v) is 3.24. The Balaban J connectivity index is 0.000000980. The molecule has 1 aromatic carbocycles. The minimum Gasteiger partial charge on any atom is -0.488 e. The van der Waals surface area contributed by atoms with Crippen molar-refractivity contribution in [1.82, 2.24) is 0 Å². The Morgan fingerprint density at radius 1 is 1.43 bits per heavy atom. The van der Waals surface area contributed by atoms with Crippen molar-refractivity contribution < 1.29 is 4.74 Å². The number of rotatable bonds is 2. The normalized spacial score (nSPS) is 19.1. The summed E-state index contributed by atoms with van der Waals surface area (Å²) in [5, 5.41) is 0. The second-order valence-corrected chi connectivity index (χ2v) is 4.14. The summed E-state index contributed by atoms with van der Waals surface area (Å²) in [7, 11) is 0.